The molecule has 2 aliphatic heterocycles. The highest BCUT2D eigenvalue weighted by Crippen LogP contribution is 2.55. The van der Waals surface area contributed by atoms with E-state index >= 15 is 0 Å². The monoisotopic (exact) mass is 917 g/mol. The summed E-state index contributed by atoms with van der Waals surface area (Å²) >= 11 is 0. The normalized spacial score (nSPS) is 20.9. The van der Waals surface area contributed by atoms with Crippen molar-refractivity contribution in [2.75, 3.05) is 9.80 Å². The number of hydrogen-bond acceptors (Lipinski definition) is 3. The Morgan fingerprint density at radius 3 is 1.48 bits per heavy atom. The summed E-state index contributed by atoms with van der Waals surface area (Å²) in [5, 5.41) is 1.23. The number of fused-ring (bicyclic) bond motifs is 9. The third-order valence-electron chi connectivity index (χ3n) is 18.9. The second-order valence-electron chi connectivity index (χ2n) is 28.7. The Morgan fingerprint density at radius 2 is 0.928 bits per heavy atom. The SMILES string of the molecule is Cc1cc2c(cc1N1c3ccc(C(C)(C)C)cc3B3c4oc5cc6c(cc5c4N(c4ccc5c(c4)C(C)(C)CCC5(C)C)c4cc(C(C)(C)C)cc1c43)C(C)(C)CCC6(C)C)C(C)(C)CCC2(C)C. The molecule has 0 N–H and O–H groups in total. The highest BCUT2D eigenvalue weighted by molar-refractivity contribution is 7.00. The first-order valence-corrected chi connectivity index (χ1v) is 26.7. The van der Waals surface area contributed by atoms with Gasteiger partial charge in [0, 0.05) is 33.8 Å². The van der Waals surface area contributed by atoms with E-state index in [1.807, 2.05) is 0 Å². The van der Waals surface area contributed by atoms with Gasteiger partial charge in [-0.25, -0.2) is 0 Å². The van der Waals surface area contributed by atoms with Gasteiger partial charge < -0.3 is 14.2 Å². The van der Waals surface area contributed by atoms with Crippen LogP contribution in [0, 0.1) is 6.92 Å². The molecule has 0 saturated heterocycles. The van der Waals surface area contributed by atoms with Gasteiger partial charge in [0.05, 0.1) is 11.3 Å². The predicted molar refractivity (Wildman–Crippen MR) is 298 cm³/mol. The molecule has 0 radical (unpaired) electrons. The number of anilines is 6. The van der Waals surface area contributed by atoms with Crippen molar-refractivity contribution in [1.82, 2.24) is 0 Å². The molecule has 0 fully saturated rings. The maximum atomic E-state index is 7.71. The quantitative estimate of drug-likeness (QED) is 0.161. The van der Waals surface area contributed by atoms with Crippen molar-refractivity contribution in [2.45, 2.75) is 213 Å². The van der Waals surface area contributed by atoms with Gasteiger partial charge in [-0.3, -0.25) is 0 Å². The second kappa shape index (κ2) is 14.3. The molecule has 0 amide bonds. The number of rotatable bonds is 2. The molecule has 3 nitrogen and oxygen atoms in total. The molecule has 3 aliphatic carbocycles. The van der Waals surface area contributed by atoms with E-state index in [1.165, 1.54) is 126 Å². The van der Waals surface area contributed by atoms with Crippen LogP contribution in [0.1, 0.15) is 213 Å². The van der Waals surface area contributed by atoms with Gasteiger partial charge in [0.15, 0.2) is 0 Å². The zero-order valence-corrected chi connectivity index (χ0v) is 46.1. The summed E-state index contributed by atoms with van der Waals surface area (Å²) in [4.78, 5) is 5.37. The fraction of sp³-hybridized carbons (Fsp3) is 0.508. The summed E-state index contributed by atoms with van der Waals surface area (Å²) in [5.74, 6) is 0. The number of aryl methyl sites for hydroxylation is 1. The lowest BCUT2D eigenvalue weighted by Crippen LogP contribution is -2.61. The van der Waals surface area contributed by atoms with E-state index in [1.54, 1.807) is 0 Å². The highest BCUT2D eigenvalue weighted by Gasteiger charge is 2.50. The van der Waals surface area contributed by atoms with Crippen LogP contribution in [0.5, 0.6) is 0 Å². The molecule has 360 valence electrons. The highest BCUT2D eigenvalue weighted by atomic mass is 16.3. The van der Waals surface area contributed by atoms with Crippen LogP contribution >= 0.6 is 0 Å². The maximum Gasteiger partial charge on any atom is 0.297 e. The van der Waals surface area contributed by atoms with Crippen LogP contribution < -0.4 is 26.4 Å². The lowest BCUT2D eigenvalue weighted by atomic mass is 9.35. The largest absolute Gasteiger partial charge is 0.468 e. The summed E-state index contributed by atoms with van der Waals surface area (Å²) in [7, 11) is 0. The molecule has 0 spiro atoms. The third-order valence-corrected chi connectivity index (χ3v) is 18.9. The first kappa shape index (κ1) is 46.7. The summed E-state index contributed by atoms with van der Waals surface area (Å²) in [6, 6.07) is 30.3. The van der Waals surface area contributed by atoms with Crippen molar-refractivity contribution in [1.29, 1.82) is 0 Å². The summed E-state index contributed by atoms with van der Waals surface area (Å²) in [6.07, 6.45) is 7.05. The van der Waals surface area contributed by atoms with E-state index in [0.717, 1.165) is 24.1 Å². The Balaban J connectivity index is 1.30. The van der Waals surface area contributed by atoms with E-state index in [2.05, 4.69) is 214 Å². The van der Waals surface area contributed by atoms with Crippen LogP contribution in [0.3, 0.4) is 0 Å². The molecule has 0 saturated carbocycles. The summed E-state index contributed by atoms with van der Waals surface area (Å²) in [6.45, 7) is 46.1. The van der Waals surface area contributed by atoms with Gasteiger partial charge in [-0.05, 0) is 198 Å². The zero-order chi connectivity index (χ0) is 49.7. The summed E-state index contributed by atoms with van der Waals surface area (Å²) < 4.78 is 7.71. The molecule has 11 rings (SSSR count). The van der Waals surface area contributed by atoms with Gasteiger partial charge in [0.2, 0.25) is 0 Å². The topological polar surface area (TPSA) is 19.6 Å². The maximum absolute atomic E-state index is 7.71. The lowest BCUT2D eigenvalue weighted by Gasteiger charge is -2.46. The van der Waals surface area contributed by atoms with Crippen molar-refractivity contribution in [2.24, 2.45) is 0 Å². The van der Waals surface area contributed by atoms with Gasteiger partial charge in [0.1, 0.15) is 5.58 Å². The first-order chi connectivity index (χ1) is 31.8. The standard InChI is InChI=1S/C65H81BN2O/c1-38-30-44-47(64(16,17)28-26-61(44,10)11)36-51(38)68-50-23-20-39(58(2,3)4)31-49(50)66-55-52(32-40(33-53(55)68)59(5,6)7)67(41-21-22-43-45(34-41)62(12,13)25-24-60(43,8)9)56-42-35-46-48(37-54(42)69-57(56)66)65(18,19)29-27-63(46,14)15/h20-23,30-37H,24-29H2,1-19H3. The van der Waals surface area contributed by atoms with Crippen LogP contribution in [0.2, 0.25) is 0 Å². The van der Waals surface area contributed by atoms with Crippen molar-refractivity contribution in [3.05, 3.63) is 123 Å². The van der Waals surface area contributed by atoms with Gasteiger partial charge >= 0.3 is 0 Å². The van der Waals surface area contributed by atoms with Crippen LogP contribution in [0.15, 0.2) is 77.2 Å². The van der Waals surface area contributed by atoms with Gasteiger partial charge in [-0.1, -0.05) is 149 Å². The van der Waals surface area contributed by atoms with E-state index in [0.29, 0.717) is 0 Å². The fourth-order valence-corrected chi connectivity index (χ4v) is 13.6. The lowest BCUT2D eigenvalue weighted by molar-refractivity contribution is 0.332. The van der Waals surface area contributed by atoms with Gasteiger partial charge in [-0.2, -0.15) is 0 Å². The molecular formula is C65H81BN2O. The Morgan fingerprint density at radius 1 is 0.449 bits per heavy atom. The predicted octanol–water partition coefficient (Wildman–Crippen LogP) is 16.5. The van der Waals surface area contributed by atoms with Crippen LogP contribution in [-0.4, -0.2) is 6.71 Å². The number of hydrogen-bond donors (Lipinski definition) is 0. The molecule has 5 aromatic carbocycles. The molecule has 0 bridgehead atoms. The van der Waals surface area contributed by atoms with Gasteiger partial charge in [-0.15, -0.1) is 0 Å². The number of nitrogens with zero attached hydrogens (tertiary/aromatic N) is 2. The molecule has 0 unspecified atom stereocenters. The molecule has 69 heavy (non-hydrogen) atoms. The fourth-order valence-electron chi connectivity index (χ4n) is 13.6. The second-order valence-corrected chi connectivity index (χ2v) is 28.7. The van der Waals surface area contributed by atoms with Crippen molar-refractivity contribution in [3.8, 4) is 0 Å². The molecule has 0 atom stereocenters. The number of furan rings is 1. The van der Waals surface area contributed by atoms with E-state index in [9.17, 15) is 0 Å². The molecule has 3 heterocycles. The summed E-state index contributed by atoms with van der Waals surface area (Å²) in [5.41, 5.74) is 25.4. The molecule has 1 aromatic heterocycles. The van der Waals surface area contributed by atoms with Crippen LogP contribution in [-0.2, 0) is 43.3 Å². The first-order valence-electron chi connectivity index (χ1n) is 26.7. The van der Waals surface area contributed by atoms with Crippen molar-refractivity contribution >= 4 is 68.4 Å². The molecule has 6 aromatic rings. The minimum absolute atomic E-state index is 0.0463. The minimum atomic E-state index is -0.124. The van der Waals surface area contributed by atoms with Crippen LogP contribution in [0.4, 0.5) is 34.1 Å². The molecule has 5 aliphatic rings. The van der Waals surface area contributed by atoms with Gasteiger partial charge in [0.25, 0.3) is 6.71 Å². The third kappa shape index (κ3) is 6.85. The average Bonchev–Trinajstić information content (AvgIpc) is 3.62. The van der Waals surface area contributed by atoms with E-state index < -0.39 is 0 Å². The van der Waals surface area contributed by atoms with E-state index in [4.69, 9.17) is 4.42 Å². The van der Waals surface area contributed by atoms with E-state index in [-0.39, 0.29) is 50.0 Å². The Kier molecular flexibility index (Phi) is 9.64. The van der Waals surface area contributed by atoms with Crippen molar-refractivity contribution < 1.29 is 4.42 Å². The van der Waals surface area contributed by atoms with Crippen LogP contribution in [0.25, 0.3) is 11.0 Å². The molecular weight excluding hydrogens is 836 g/mol. The Bertz CT molecular complexity index is 3170. The number of benzene rings is 5. The smallest absolute Gasteiger partial charge is 0.297 e. The van der Waals surface area contributed by atoms with Crippen molar-refractivity contribution in [3.63, 3.8) is 0 Å². The minimum Gasteiger partial charge on any atom is -0.468 e. The molecule has 4 heteroatoms. The average molecular weight is 917 g/mol. The zero-order valence-electron chi connectivity index (χ0n) is 46.1. The Hall–Kier alpha value is -4.70. The Labute approximate surface area is 416 Å².